The lowest BCUT2D eigenvalue weighted by Crippen LogP contribution is -1.88. The van der Waals surface area contributed by atoms with Crippen molar-refractivity contribution in [2.24, 2.45) is 4.99 Å². The van der Waals surface area contributed by atoms with Crippen LogP contribution in [-0.2, 0) is 4.79 Å². The number of isocyanates is 1. The normalized spacial score (nSPS) is 23.8. The first-order valence-corrected chi connectivity index (χ1v) is 4.80. The van der Waals surface area contributed by atoms with E-state index in [2.05, 4.69) is 11.1 Å². The minimum atomic E-state index is 0.487. The molecule has 1 atom stereocenters. The van der Waals surface area contributed by atoms with Crippen molar-refractivity contribution in [2.75, 3.05) is 12.3 Å². The highest BCUT2D eigenvalue weighted by molar-refractivity contribution is 8.00. The van der Waals surface area contributed by atoms with Crippen molar-refractivity contribution in [1.29, 1.82) is 0 Å². The lowest BCUT2D eigenvalue weighted by Gasteiger charge is -1.97. The lowest BCUT2D eigenvalue weighted by atomic mass is 10.2. The first-order valence-electron chi connectivity index (χ1n) is 3.75. The summed E-state index contributed by atoms with van der Waals surface area (Å²) in [6.45, 7) is 0.487. The van der Waals surface area contributed by atoms with Gasteiger partial charge in [0.05, 0.1) is 6.54 Å². The summed E-state index contributed by atoms with van der Waals surface area (Å²) in [5.41, 5.74) is 0. The van der Waals surface area contributed by atoms with Crippen LogP contribution < -0.4 is 0 Å². The largest absolute Gasteiger partial charge is 0.235 e. The van der Waals surface area contributed by atoms with Crippen LogP contribution in [0.5, 0.6) is 0 Å². The summed E-state index contributed by atoms with van der Waals surface area (Å²) in [6, 6.07) is 0. The summed E-state index contributed by atoms with van der Waals surface area (Å²) in [4.78, 5) is 13.1. The smallest absolute Gasteiger partial charge is 0.211 e. The third kappa shape index (κ3) is 3.40. The number of rotatable bonds is 3. The SMILES string of the molecule is O=C=NC/C=C\C1CCCS1. The van der Waals surface area contributed by atoms with Crippen molar-refractivity contribution in [3.8, 4) is 0 Å². The van der Waals surface area contributed by atoms with Gasteiger partial charge in [-0.3, -0.25) is 0 Å². The van der Waals surface area contributed by atoms with E-state index in [1.165, 1.54) is 24.7 Å². The molecule has 0 aliphatic carbocycles. The molecule has 3 heteroatoms. The first-order chi connectivity index (χ1) is 5.43. The van der Waals surface area contributed by atoms with Crippen LogP contribution in [0.25, 0.3) is 0 Å². The van der Waals surface area contributed by atoms with Crippen LogP contribution in [0.4, 0.5) is 0 Å². The van der Waals surface area contributed by atoms with Crippen LogP contribution in [0.1, 0.15) is 12.8 Å². The third-order valence-corrected chi connectivity index (χ3v) is 2.92. The van der Waals surface area contributed by atoms with E-state index in [9.17, 15) is 4.79 Å². The average Bonchev–Trinajstić information content (AvgIpc) is 2.50. The molecule has 1 fully saturated rings. The highest BCUT2D eigenvalue weighted by Crippen LogP contribution is 2.26. The van der Waals surface area contributed by atoms with Gasteiger partial charge in [0.15, 0.2) is 0 Å². The third-order valence-electron chi connectivity index (χ3n) is 1.58. The Kier molecular flexibility index (Phi) is 4.02. The molecule has 0 spiro atoms. The van der Waals surface area contributed by atoms with Crippen molar-refractivity contribution < 1.29 is 4.79 Å². The summed E-state index contributed by atoms with van der Waals surface area (Å²) in [5.74, 6) is 1.27. The lowest BCUT2D eigenvalue weighted by molar-refractivity contribution is 0.564. The minimum absolute atomic E-state index is 0.487. The topological polar surface area (TPSA) is 29.4 Å². The van der Waals surface area contributed by atoms with Crippen molar-refractivity contribution in [3.63, 3.8) is 0 Å². The van der Waals surface area contributed by atoms with E-state index < -0.39 is 0 Å². The molecule has 1 aliphatic rings. The van der Waals surface area contributed by atoms with E-state index in [1.807, 2.05) is 17.8 Å². The van der Waals surface area contributed by atoms with Gasteiger partial charge in [-0.05, 0) is 18.6 Å². The Morgan fingerprint density at radius 1 is 1.73 bits per heavy atom. The second-order valence-corrected chi connectivity index (χ2v) is 3.76. The number of carbonyl (C=O) groups excluding carboxylic acids is 1. The standard InChI is InChI=1S/C8H11NOS/c10-7-9-5-1-3-8-4-2-6-11-8/h1,3,8H,2,4-6H2/b3-1-. The Labute approximate surface area is 70.8 Å². The fraction of sp³-hybridized carbons (Fsp3) is 0.625. The Bertz CT molecular complexity index is 179. The zero-order valence-electron chi connectivity index (χ0n) is 6.32. The van der Waals surface area contributed by atoms with Gasteiger partial charge >= 0.3 is 0 Å². The van der Waals surface area contributed by atoms with E-state index in [0.717, 1.165) is 0 Å². The average molecular weight is 169 g/mol. The molecule has 11 heavy (non-hydrogen) atoms. The molecule has 0 bridgehead atoms. The van der Waals surface area contributed by atoms with Gasteiger partial charge in [-0.25, -0.2) is 9.79 Å². The molecule has 0 N–H and O–H groups in total. The molecule has 2 nitrogen and oxygen atoms in total. The monoisotopic (exact) mass is 169 g/mol. The van der Waals surface area contributed by atoms with Gasteiger partial charge in [0.1, 0.15) is 0 Å². The molecule has 1 heterocycles. The molecule has 1 rings (SSSR count). The van der Waals surface area contributed by atoms with Crippen LogP contribution in [0, 0.1) is 0 Å². The molecule has 1 aliphatic heterocycles. The van der Waals surface area contributed by atoms with Crippen molar-refractivity contribution in [2.45, 2.75) is 18.1 Å². The zero-order valence-corrected chi connectivity index (χ0v) is 7.14. The molecule has 1 saturated heterocycles. The van der Waals surface area contributed by atoms with Gasteiger partial charge in [0, 0.05) is 5.25 Å². The molecule has 1 unspecified atom stereocenters. The predicted molar refractivity (Wildman–Crippen MR) is 47.6 cm³/mol. The number of nitrogens with zero attached hydrogens (tertiary/aromatic N) is 1. The maximum absolute atomic E-state index is 9.67. The number of hydrogen-bond donors (Lipinski definition) is 0. The van der Waals surface area contributed by atoms with Gasteiger partial charge in [-0.2, -0.15) is 11.8 Å². The highest BCUT2D eigenvalue weighted by Gasteiger charge is 2.10. The Hall–Kier alpha value is -0.530. The summed E-state index contributed by atoms with van der Waals surface area (Å²) in [7, 11) is 0. The number of hydrogen-bond acceptors (Lipinski definition) is 3. The van der Waals surface area contributed by atoms with Gasteiger partial charge < -0.3 is 0 Å². The van der Waals surface area contributed by atoms with E-state index in [1.54, 1.807) is 0 Å². The van der Waals surface area contributed by atoms with E-state index in [-0.39, 0.29) is 0 Å². The van der Waals surface area contributed by atoms with Crippen LogP contribution in [0.3, 0.4) is 0 Å². The van der Waals surface area contributed by atoms with Gasteiger partial charge in [0.2, 0.25) is 6.08 Å². The molecular weight excluding hydrogens is 158 g/mol. The van der Waals surface area contributed by atoms with Gasteiger partial charge in [-0.1, -0.05) is 12.2 Å². The van der Waals surface area contributed by atoms with Crippen molar-refractivity contribution in [1.82, 2.24) is 0 Å². The van der Waals surface area contributed by atoms with Gasteiger partial charge in [-0.15, -0.1) is 0 Å². The number of thioether (sulfide) groups is 1. The maximum Gasteiger partial charge on any atom is 0.235 e. The molecule has 0 aromatic heterocycles. The van der Waals surface area contributed by atoms with E-state index in [4.69, 9.17) is 0 Å². The van der Waals surface area contributed by atoms with Crippen LogP contribution >= 0.6 is 11.8 Å². The fourth-order valence-electron chi connectivity index (χ4n) is 1.06. The summed E-state index contributed by atoms with van der Waals surface area (Å²) in [5, 5.41) is 0.664. The molecule has 0 radical (unpaired) electrons. The second-order valence-electron chi connectivity index (χ2n) is 2.41. The minimum Gasteiger partial charge on any atom is -0.211 e. The van der Waals surface area contributed by atoms with E-state index in [0.29, 0.717) is 11.8 Å². The Morgan fingerprint density at radius 2 is 2.64 bits per heavy atom. The van der Waals surface area contributed by atoms with Crippen molar-refractivity contribution in [3.05, 3.63) is 12.2 Å². The van der Waals surface area contributed by atoms with Crippen LogP contribution in [0.2, 0.25) is 0 Å². The molecule has 0 aromatic carbocycles. The van der Waals surface area contributed by atoms with Crippen LogP contribution in [0.15, 0.2) is 17.1 Å². The molecule has 0 aromatic rings. The molecule has 0 amide bonds. The predicted octanol–water partition coefficient (Wildman–Crippen LogP) is 1.77. The Balaban J connectivity index is 2.17. The molecular formula is C8H11NOS. The Morgan fingerprint density at radius 3 is 3.27 bits per heavy atom. The highest BCUT2D eigenvalue weighted by atomic mass is 32.2. The quantitative estimate of drug-likeness (QED) is 0.366. The summed E-state index contributed by atoms with van der Waals surface area (Å²) >= 11 is 1.97. The second kappa shape index (κ2) is 5.16. The summed E-state index contributed by atoms with van der Waals surface area (Å²) < 4.78 is 0. The fourth-order valence-corrected chi connectivity index (χ4v) is 2.25. The van der Waals surface area contributed by atoms with Crippen molar-refractivity contribution >= 4 is 17.8 Å². The molecule has 60 valence electrons. The van der Waals surface area contributed by atoms with E-state index >= 15 is 0 Å². The molecule has 0 saturated carbocycles. The van der Waals surface area contributed by atoms with Gasteiger partial charge in [0.25, 0.3) is 0 Å². The maximum atomic E-state index is 9.67. The number of aliphatic imine (C=N–C) groups is 1. The summed E-state index contributed by atoms with van der Waals surface area (Å²) in [6.07, 6.45) is 8.17. The first kappa shape index (κ1) is 8.57. The zero-order chi connectivity index (χ0) is 7.94. The van der Waals surface area contributed by atoms with Crippen LogP contribution in [-0.4, -0.2) is 23.6 Å².